The van der Waals surface area contributed by atoms with Crippen LogP contribution in [0.4, 0.5) is 0 Å². The molecule has 4 nitrogen and oxygen atoms in total. The van der Waals surface area contributed by atoms with Crippen molar-refractivity contribution in [3.05, 3.63) is 29.6 Å². The average molecular weight is 285 g/mol. The highest BCUT2D eigenvalue weighted by Crippen LogP contribution is 2.40. The van der Waals surface area contributed by atoms with Crippen molar-refractivity contribution < 1.29 is 4.79 Å². The second-order valence-corrected chi connectivity index (χ2v) is 5.67. The largest absolute Gasteiger partial charge is 0.351 e. The van der Waals surface area contributed by atoms with Crippen LogP contribution < -0.4 is 11.1 Å². The highest BCUT2D eigenvalue weighted by molar-refractivity contribution is 5.96. The smallest absolute Gasteiger partial charge is 0.252 e. The van der Waals surface area contributed by atoms with Gasteiger partial charge in [-0.1, -0.05) is 31.6 Å². The molecule has 1 aliphatic carbocycles. The van der Waals surface area contributed by atoms with Gasteiger partial charge in [-0.05, 0) is 30.7 Å². The van der Waals surface area contributed by atoms with Crippen LogP contribution in [0.3, 0.4) is 0 Å². The molecule has 1 amide bonds. The van der Waals surface area contributed by atoms with E-state index >= 15 is 0 Å². The first-order chi connectivity index (χ1) is 10.2. The number of aromatic nitrogens is 1. The van der Waals surface area contributed by atoms with Gasteiger partial charge in [-0.3, -0.25) is 9.78 Å². The Labute approximate surface area is 126 Å². The topological polar surface area (TPSA) is 68.0 Å². The van der Waals surface area contributed by atoms with Gasteiger partial charge in [0.1, 0.15) is 0 Å². The molecule has 1 saturated carbocycles. The number of nitrogens with two attached hydrogens (primary N) is 1. The van der Waals surface area contributed by atoms with Crippen molar-refractivity contribution in [2.24, 2.45) is 11.1 Å². The van der Waals surface area contributed by atoms with E-state index in [1.165, 1.54) is 25.7 Å². The Bertz CT molecular complexity index is 551. The summed E-state index contributed by atoms with van der Waals surface area (Å²) in [6.07, 6.45) is 9.30. The summed E-state index contributed by atoms with van der Waals surface area (Å²) in [4.78, 5) is 16.4. The maximum Gasteiger partial charge on any atom is 0.252 e. The van der Waals surface area contributed by atoms with Gasteiger partial charge in [-0.25, -0.2) is 0 Å². The predicted octanol–water partition coefficient (Wildman–Crippen LogP) is 2.09. The first-order valence-corrected chi connectivity index (χ1v) is 7.62. The van der Waals surface area contributed by atoms with Crippen molar-refractivity contribution >= 4 is 5.91 Å². The Hall–Kier alpha value is -1.86. The van der Waals surface area contributed by atoms with Gasteiger partial charge in [0, 0.05) is 18.9 Å². The van der Waals surface area contributed by atoms with Crippen LogP contribution in [-0.2, 0) is 0 Å². The van der Waals surface area contributed by atoms with Crippen LogP contribution in [0.25, 0.3) is 0 Å². The number of hydrogen-bond donors (Lipinski definition) is 2. The van der Waals surface area contributed by atoms with Gasteiger partial charge in [-0.15, -0.1) is 0 Å². The van der Waals surface area contributed by atoms with E-state index < -0.39 is 0 Å². The number of carbonyl (C=O) groups excluding carboxylic acids is 1. The van der Waals surface area contributed by atoms with Crippen molar-refractivity contribution in [1.29, 1.82) is 0 Å². The molecule has 0 atom stereocenters. The number of rotatable bonds is 4. The second-order valence-electron chi connectivity index (χ2n) is 5.67. The molecule has 1 aromatic heterocycles. The van der Waals surface area contributed by atoms with Gasteiger partial charge in [-0.2, -0.15) is 0 Å². The van der Waals surface area contributed by atoms with Gasteiger partial charge in [0.25, 0.3) is 5.91 Å². The molecule has 1 heterocycles. The maximum absolute atomic E-state index is 12.4. The zero-order valence-corrected chi connectivity index (χ0v) is 12.6. The molecule has 0 bridgehead atoms. The number of nitrogens with zero attached hydrogens (tertiary/aromatic N) is 1. The first-order valence-electron chi connectivity index (χ1n) is 7.62. The molecule has 112 valence electrons. The third kappa shape index (κ3) is 3.83. The Morgan fingerprint density at radius 3 is 2.90 bits per heavy atom. The summed E-state index contributed by atoms with van der Waals surface area (Å²) in [5.41, 5.74) is 6.88. The van der Waals surface area contributed by atoms with Crippen LogP contribution in [-0.4, -0.2) is 24.0 Å². The first kappa shape index (κ1) is 15.5. The van der Waals surface area contributed by atoms with Crippen LogP contribution in [0.2, 0.25) is 0 Å². The number of carbonyl (C=O) groups is 1. The lowest BCUT2D eigenvalue weighted by Gasteiger charge is -2.27. The summed E-state index contributed by atoms with van der Waals surface area (Å²) < 4.78 is 0. The normalized spacial score (nSPS) is 16.1. The van der Waals surface area contributed by atoms with E-state index in [2.05, 4.69) is 29.1 Å². The number of amides is 1. The van der Waals surface area contributed by atoms with Crippen LogP contribution in [0.1, 0.15) is 54.9 Å². The summed E-state index contributed by atoms with van der Waals surface area (Å²) in [5.74, 6) is 5.61. The predicted molar refractivity (Wildman–Crippen MR) is 83.7 cm³/mol. The number of pyridine rings is 1. The minimum Gasteiger partial charge on any atom is -0.351 e. The molecule has 21 heavy (non-hydrogen) atoms. The minimum atomic E-state index is -0.0709. The third-order valence-electron chi connectivity index (χ3n) is 4.43. The molecule has 2 rings (SSSR count). The van der Waals surface area contributed by atoms with Crippen LogP contribution >= 0.6 is 0 Å². The zero-order chi connectivity index (χ0) is 15.1. The van der Waals surface area contributed by atoms with Gasteiger partial charge in [0.2, 0.25) is 0 Å². The van der Waals surface area contributed by atoms with Gasteiger partial charge in [0.05, 0.1) is 17.7 Å². The van der Waals surface area contributed by atoms with E-state index in [1.54, 1.807) is 18.5 Å². The summed E-state index contributed by atoms with van der Waals surface area (Å²) >= 11 is 0. The van der Waals surface area contributed by atoms with Crippen LogP contribution in [0.5, 0.6) is 0 Å². The zero-order valence-electron chi connectivity index (χ0n) is 12.6. The summed E-state index contributed by atoms with van der Waals surface area (Å²) in [6.45, 7) is 3.23. The summed E-state index contributed by atoms with van der Waals surface area (Å²) in [6, 6.07) is 1.71. The molecule has 1 aliphatic rings. The molecule has 3 N–H and O–H groups in total. The average Bonchev–Trinajstić information content (AvgIpc) is 3.00. The van der Waals surface area contributed by atoms with Crippen LogP contribution in [0, 0.1) is 17.3 Å². The lowest BCUT2D eigenvalue weighted by atomic mass is 9.83. The highest BCUT2D eigenvalue weighted by Gasteiger charge is 2.32. The Morgan fingerprint density at radius 1 is 1.48 bits per heavy atom. The van der Waals surface area contributed by atoms with Crippen molar-refractivity contribution in [1.82, 2.24) is 10.3 Å². The molecule has 0 aromatic carbocycles. The van der Waals surface area contributed by atoms with Crippen molar-refractivity contribution in [2.75, 3.05) is 13.1 Å². The fraction of sp³-hybridized carbons (Fsp3) is 0.529. The quantitative estimate of drug-likeness (QED) is 0.832. The molecule has 0 aliphatic heterocycles. The monoisotopic (exact) mass is 285 g/mol. The lowest BCUT2D eigenvalue weighted by Crippen LogP contribution is -2.35. The second kappa shape index (κ2) is 7.24. The Kier molecular flexibility index (Phi) is 5.35. The van der Waals surface area contributed by atoms with E-state index in [-0.39, 0.29) is 17.9 Å². The third-order valence-corrected chi connectivity index (χ3v) is 4.43. The molecule has 1 aromatic rings. The highest BCUT2D eigenvalue weighted by atomic mass is 16.1. The maximum atomic E-state index is 12.4. The fourth-order valence-corrected chi connectivity index (χ4v) is 2.98. The summed E-state index contributed by atoms with van der Waals surface area (Å²) in [7, 11) is 0. The standard InChI is InChI=1S/C17H23N3O/c1-2-17(8-3-4-9-17)13-20-16(21)15-7-11-19-12-14(15)6-5-10-18/h7,11-12H,2-4,8-10,13,18H2,1H3,(H,20,21). The molecule has 0 unspecified atom stereocenters. The van der Waals surface area contributed by atoms with E-state index in [1.807, 2.05) is 0 Å². The Morgan fingerprint density at radius 2 is 2.24 bits per heavy atom. The van der Waals surface area contributed by atoms with E-state index in [9.17, 15) is 4.79 Å². The van der Waals surface area contributed by atoms with Gasteiger partial charge >= 0.3 is 0 Å². The molecule has 4 heteroatoms. The molecule has 1 fully saturated rings. The van der Waals surface area contributed by atoms with Crippen molar-refractivity contribution in [2.45, 2.75) is 39.0 Å². The molecule has 0 saturated heterocycles. The molecular weight excluding hydrogens is 262 g/mol. The number of nitrogens with one attached hydrogen (secondary N) is 1. The Balaban J connectivity index is 2.07. The van der Waals surface area contributed by atoms with Crippen molar-refractivity contribution in [3.63, 3.8) is 0 Å². The van der Waals surface area contributed by atoms with Crippen LogP contribution in [0.15, 0.2) is 18.5 Å². The van der Waals surface area contributed by atoms with E-state index in [0.29, 0.717) is 11.1 Å². The SMILES string of the molecule is CCC1(CNC(=O)c2ccncc2C#CCN)CCCC1. The van der Waals surface area contributed by atoms with Gasteiger partial charge < -0.3 is 11.1 Å². The van der Waals surface area contributed by atoms with Crippen molar-refractivity contribution in [3.8, 4) is 11.8 Å². The molecule has 0 radical (unpaired) electrons. The van der Waals surface area contributed by atoms with E-state index in [0.717, 1.165) is 13.0 Å². The van der Waals surface area contributed by atoms with Gasteiger partial charge in [0.15, 0.2) is 0 Å². The van der Waals surface area contributed by atoms with E-state index in [4.69, 9.17) is 5.73 Å². The number of hydrogen-bond acceptors (Lipinski definition) is 3. The molecular formula is C17H23N3O. The summed E-state index contributed by atoms with van der Waals surface area (Å²) in [5, 5.41) is 3.08. The lowest BCUT2D eigenvalue weighted by molar-refractivity contribution is 0.0928. The molecule has 0 spiro atoms. The minimum absolute atomic E-state index is 0.0709. The fourth-order valence-electron chi connectivity index (χ4n) is 2.98.